The Morgan fingerprint density at radius 2 is 2.00 bits per heavy atom. The molecular weight excluding hydrogens is 336 g/mol. The van der Waals surface area contributed by atoms with Crippen LogP contribution >= 0.6 is 0 Å². The van der Waals surface area contributed by atoms with Crippen LogP contribution in [-0.4, -0.2) is 84.9 Å². The highest BCUT2D eigenvalue weighted by atomic mass is 16.6. The number of likely N-dealkylation sites (tertiary alicyclic amines) is 1. The third-order valence-electron chi connectivity index (χ3n) is 5.20. The zero-order valence-electron chi connectivity index (χ0n) is 14.8. The summed E-state index contributed by atoms with van der Waals surface area (Å²) in [5.41, 5.74) is 0.0252. The second kappa shape index (κ2) is 7.20. The van der Waals surface area contributed by atoms with Crippen molar-refractivity contribution in [3.8, 4) is 0 Å². The number of morpholine rings is 1. The van der Waals surface area contributed by atoms with Gasteiger partial charge in [0, 0.05) is 25.8 Å². The maximum absolute atomic E-state index is 12.8. The molecule has 3 aliphatic rings. The van der Waals surface area contributed by atoms with Crippen LogP contribution in [-0.2, 0) is 14.3 Å². The van der Waals surface area contributed by atoms with E-state index in [0.29, 0.717) is 32.8 Å². The summed E-state index contributed by atoms with van der Waals surface area (Å²) < 4.78 is 11.7. The number of hydrogen-bond donors (Lipinski definition) is 0. The largest absolute Gasteiger partial charge is 0.376 e. The minimum absolute atomic E-state index is 0.0238. The molecule has 140 valence electrons. The fraction of sp³-hybridized carbons (Fsp3) is 0.611. The number of urea groups is 1. The molecule has 0 aliphatic carbocycles. The van der Waals surface area contributed by atoms with E-state index in [1.165, 1.54) is 0 Å². The number of ether oxygens (including phenoxy) is 2. The first-order valence-corrected chi connectivity index (χ1v) is 9.13. The molecule has 1 atom stereocenters. The van der Waals surface area contributed by atoms with E-state index < -0.39 is 5.60 Å². The lowest BCUT2D eigenvalue weighted by molar-refractivity contribution is -0.145. The van der Waals surface area contributed by atoms with Gasteiger partial charge >= 0.3 is 6.03 Å². The predicted molar refractivity (Wildman–Crippen MR) is 93.9 cm³/mol. The van der Waals surface area contributed by atoms with Gasteiger partial charge in [-0.1, -0.05) is 0 Å². The third-order valence-corrected chi connectivity index (χ3v) is 5.20. The summed E-state index contributed by atoms with van der Waals surface area (Å²) in [6.07, 6.45) is 5.46. The van der Waals surface area contributed by atoms with Crippen LogP contribution < -0.4 is 4.90 Å². The fourth-order valence-corrected chi connectivity index (χ4v) is 3.82. The Bertz CT molecular complexity index is 664. The van der Waals surface area contributed by atoms with Crippen LogP contribution in [0.15, 0.2) is 24.5 Å². The van der Waals surface area contributed by atoms with Crippen LogP contribution in [0.1, 0.15) is 12.8 Å². The van der Waals surface area contributed by atoms with Gasteiger partial charge in [-0.25, -0.2) is 4.79 Å². The molecule has 3 saturated heterocycles. The molecule has 8 nitrogen and oxygen atoms in total. The standard InChI is InChI=1S/C18H24N4O4/c23-16-11-26-18(13-22(16)15-4-3-5-19-10-15)12-21(8-9-25-14-18)17(24)20-6-1-2-7-20/h3-5,10H,1-2,6-9,11-14H2/t18-/m0/s1. The highest BCUT2D eigenvalue weighted by molar-refractivity contribution is 5.95. The van der Waals surface area contributed by atoms with Crippen molar-refractivity contribution in [2.24, 2.45) is 0 Å². The normalized spacial score (nSPS) is 27.1. The number of aromatic nitrogens is 1. The number of amides is 3. The number of anilines is 1. The first kappa shape index (κ1) is 17.2. The Balaban J connectivity index is 1.53. The minimum atomic E-state index is -0.713. The van der Waals surface area contributed by atoms with Gasteiger partial charge in [-0.3, -0.25) is 9.78 Å². The first-order valence-electron chi connectivity index (χ1n) is 9.13. The van der Waals surface area contributed by atoms with Crippen molar-refractivity contribution in [1.29, 1.82) is 0 Å². The molecule has 8 heteroatoms. The van der Waals surface area contributed by atoms with E-state index in [0.717, 1.165) is 31.6 Å². The number of hydrogen-bond acceptors (Lipinski definition) is 5. The van der Waals surface area contributed by atoms with Crippen LogP contribution in [0.5, 0.6) is 0 Å². The van der Waals surface area contributed by atoms with Crippen LogP contribution in [0.3, 0.4) is 0 Å². The van der Waals surface area contributed by atoms with E-state index in [4.69, 9.17) is 9.47 Å². The van der Waals surface area contributed by atoms with Gasteiger partial charge in [-0.15, -0.1) is 0 Å². The van der Waals surface area contributed by atoms with Gasteiger partial charge < -0.3 is 24.2 Å². The van der Waals surface area contributed by atoms with E-state index in [1.54, 1.807) is 23.4 Å². The average Bonchev–Trinajstić information content (AvgIpc) is 3.13. The van der Waals surface area contributed by atoms with Crippen LogP contribution in [0.2, 0.25) is 0 Å². The van der Waals surface area contributed by atoms with E-state index >= 15 is 0 Å². The molecular formula is C18H24N4O4. The maximum atomic E-state index is 12.8. The Hall–Kier alpha value is -2.19. The van der Waals surface area contributed by atoms with Crippen LogP contribution in [0.25, 0.3) is 0 Å². The number of carbonyl (C=O) groups excluding carboxylic acids is 2. The SMILES string of the molecule is O=C(N1CCCC1)N1CCOC[C@]2(C1)CN(c1cccnc1)C(=O)CO2. The van der Waals surface area contributed by atoms with Crippen molar-refractivity contribution in [2.45, 2.75) is 18.4 Å². The molecule has 3 fully saturated rings. The number of nitrogens with zero attached hydrogens (tertiary/aromatic N) is 4. The molecule has 3 amide bonds. The van der Waals surface area contributed by atoms with Crippen LogP contribution in [0.4, 0.5) is 10.5 Å². The lowest BCUT2D eigenvalue weighted by Crippen LogP contribution is -2.62. The summed E-state index contributed by atoms with van der Waals surface area (Å²) in [7, 11) is 0. The van der Waals surface area contributed by atoms with Crippen molar-refractivity contribution < 1.29 is 19.1 Å². The van der Waals surface area contributed by atoms with E-state index in [2.05, 4.69) is 4.98 Å². The number of carbonyl (C=O) groups is 2. The molecule has 3 aliphatic heterocycles. The van der Waals surface area contributed by atoms with Crippen molar-refractivity contribution in [3.05, 3.63) is 24.5 Å². The number of rotatable bonds is 1. The third kappa shape index (κ3) is 3.39. The summed E-state index contributed by atoms with van der Waals surface area (Å²) in [5.74, 6) is -0.106. The molecule has 0 saturated carbocycles. The summed E-state index contributed by atoms with van der Waals surface area (Å²) in [6.45, 7) is 3.75. The van der Waals surface area contributed by atoms with E-state index in [-0.39, 0.29) is 18.5 Å². The molecule has 0 N–H and O–H groups in total. The smallest absolute Gasteiger partial charge is 0.320 e. The summed E-state index contributed by atoms with van der Waals surface area (Å²) in [6, 6.07) is 3.70. The summed E-state index contributed by atoms with van der Waals surface area (Å²) in [4.78, 5) is 34.7. The Morgan fingerprint density at radius 1 is 1.15 bits per heavy atom. The van der Waals surface area contributed by atoms with Gasteiger partial charge in [0.1, 0.15) is 12.2 Å². The highest BCUT2D eigenvalue weighted by Crippen LogP contribution is 2.27. The van der Waals surface area contributed by atoms with Gasteiger partial charge in [-0.2, -0.15) is 0 Å². The van der Waals surface area contributed by atoms with Crippen molar-refractivity contribution in [1.82, 2.24) is 14.8 Å². The maximum Gasteiger partial charge on any atom is 0.320 e. The molecule has 1 spiro atoms. The molecule has 1 aromatic heterocycles. The molecule has 4 rings (SSSR count). The zero-order valence-corrected chi connectivity index (χ0v) is 14.8. The molecule has 0 radical (unpaired) electrons. The van der Waals surface area contributed by atoms with E-state index in [1.807, 2.05) is 15.9 Å². The predicted octanol–water partition coefficient (Wildman–Crippen LogP) is 0.732. The van der Waals surface area contributed by atoms with Gasteiger partial charge in [0.25, 0.3) is 5.91 Å². The Morgan fingerprint density at radius 3 is 2.77 bits per heavy atom. The van der Waals surface area contributed by atoms with E-state index in [9.17, 15) is 9.59 Å². The fourth-order valence-electron chi connectivity index (χ4n) is 3.82. The van der Waals surface area contributed by atoms with Crippen molar-refractivity contribution in [3.63, 3.8) is 0 Å². The molecule has 0 unspecified atom stereocenters. The molecule has 1 aromatic rings. The molecule has 0 bridgehead atoms. The lowest BCUT2D eigenvalue weighted by Gasteiger charge is -2.43. The first-order chi connectivity index (χ1) is 12.7. The average molecular weight is 360 g/mol. The lowest BCUT2D eigenvalue weighted by atomic mass is 10.0. The molecule has 4 heterocycles. The minimum Gasteiger partial charge on any atom is -0.376 e. The summed E-state index contributed by atoms with van der Waals surface area (Å²) >= 11 is 0. The number of pyridine rings is 1. The zero-order chi connectivity index (χ0) is 18.0. The second-order valence-electron chi connectivity index (χ2n) is 7.11. The topological polar surface area (TPSA) is 75.2 Å². The summed E-state index contributed by atoms with van der Waals surface area (Å²) in [5, 5.41) is 0. The second-order valence-corrected chi connectivity index (χ2v) is 7.11. The Kier molecular flexibility index (Phi) is 4.78. The molecule has 26 heavy (non-hydrogen) atoms. The van der Waals surface area contributed by atoms with Gasteiger partial charge in [-0.05, 0) is 25.0 Å². The quantitative estimate of drug-likeness (QED) is 0.738. The Labute approximate surface area is 152 Å². The van der Waals surface area contributed by atoms with Crippen LogP contribution in [0, 0.1) is 0 Å². The van der Waals surface area contributed by atoms with Gasteiger partial charge in [0.15, 0.2) is 0 Å². The molecule has 0 aromatic carbocycles. The monoisotopic (exact) mass is 360 g/mol. The van der Waals surface area contributed by atoms with Gasteiger partial charge in [0.05, 0.1) is 38.2 Å². The van der Waals surface area contributed by atoms with Crippen molar-refractivity contribution >= 4 is 17.6 Å². The highest BCUT2D eigenvalue weighted by Gasteiger charge is 2.45. The van der Waals surface area contributed by atoms with Gasteiger partial charge in [0.2, 0.25) is 0 Å². The van der Waals surface area contributed by atoms with Crippen molar-refractivity contribution in [2.75, 3.05) is 57.4 Å².